The van der Waals surface area contributed by atoms with Crippen molar-refractivity contribution in [1.29, 1.82) is 0 Å². The summed E-state index contributed by atoms with van der Waals surface area (Å²) in [7, 11) is 1.69. The first-order valence-electron chi connectivity index (χ1n) is 4.67. The number of methoxy groups -OCH3 is 1. The summed E-state index contributed by atoms with van der Waals surface area (Å²) in [5, 5.41) is 10.7. The molecule has 1 rings (SSSR count). The van der Waals surface area contributed by atoms with E-state index < -0.39 is 5.97 Å². The van der Waals surface area contributed by atoms with E-state index in [0.29, 0.717) is 12.7 Å². The molecule has 0 unspecified atom stereocenters. The van der Waals surface area contributed by atoms with Crippen LogP contribution in [-0.2, 0) is 14.3 Å². The van der Waals surface area contributed by atoms with Crippen molar-refractivity contribution in [3.8, 4) is 0 Å². The Labute approximate surface area is 84.4 Å². The van der Waals surface area contributed by atoms with Crippen molar-refractivity contribution in [2.24, 2.45) is 0 Å². The summed E-state index contributed by atoms with van der Waals surface area (Å²) in [6.07, 6.45) is 1.57. The zero-order valence-electron chi connectivity index (χ0n) is 8.78. The summed E-state index contributed by atoms with van der Waals surface area (Å²) in [4.78, 5) is 9.00. The monoisotopic (exact) mass is 205 g/mol. The molecule has 84 valence electrons. The number of aliphatic carboxylic acids is 1. The predicted molar refractivity (Wildman–Crippen MR) is 52.4 cm³/mol. The third kappa shape index (κ3) is 9.44. The molecular weight excluding hydrogens is 186 g/mol. The summed E-state index contributed by atoms with van der Waals surface area (Å²) in [5.41, 5.74) is 0. The van der Waals surface area contributed by atoms with Crippen LogP contribution in [0, 0.1) is 0 Å². The van der Waals surface area contributed by atoms with Crippen LogP contribution in [0.3, 0.4) is 0 Å². The second-order valence-electron chi connectivity index (χ2n) is 3.00. The van der Waals surface area contributed by atoms with Gasteiger partial charge in [-0.05, 0) is 13.0 Å². The molecule has 1 saturated heterocycles. The number of carbonyl (C=O) groups is 1. The van der Waals surface area contributed by atoms with E-state index in [1.807, 2.05) is 0 Å². The van der Waals surface area contributed by atoms with Crippen molar-refractivity contribution in [2.45, 2.75) is 19.4 Å². The third-order valence-corrected chi connectivity index (χ3v) is 1.66. The highest BCUT2D eigenvalue weighted by Gasteiger charge is 2.13. The van der Waals surface area contributed by atoms with Gasteiger partial charge in [0, 0.05) is 20.6 Å². The van der Waals surface area contributed by atoms with Gasteiger partial charge in [0.15, 0.2) is 0 Å². The maximum atomic E-state index is 9.00. The number of rotatable bonds is 4. The van der Waals surface area contributed by atoms with Crippen molar-refractivity contribution in [3.05, 3.63) is 0 Å². The quantitative estimate of drug-likeness (QED) is 0.637. The van der Waals surface area contributed by atoms with Crippen LogP contribution in [0.1, 0.15) is 13.3 Å². The Hall–Kier alpha value is -0.650. The molecule has 1 fully saturated rings. The Morgan fingerprint density at radius 1 is 1.57 bits per heavy atom. The first-order chi connectivity index (χ1) is 6.66. The average Bonchev–Trinajstić information content (AvgIpc) is 2.56. The minimum atomic E-state index is -0.833. The summed E-state index contributed by atoms with van der Waals surface area (Å²) in [6, 6.07) is 0. The molecule has 0 saturated carbocycles. The minimum Gasteiger partial charge on any atom is -0.481 e. The maximum absolute atomic E-state index is 9.00. The molecule has 0 aromatic carbocycles. The largest absolute Gasteiger partial charge is 0.481 e. The summed E-state index contributed by atoms with van der Waals surface area (Å²) in [6.45, 7) is 4.61. The van der Waals surface area contributed by atoms with Crippen LogP contribution in [0.2, 0.25) is 0 Å². The second kappa shape index (κ2) is 8.93. The van der Waals surface area contributed by atoms with Crippen LogP contribution in [0.15, 0.2) is 0 Å². The topological polar surface area (TPSA) is 67.8 Å². The van der Waals surface area contributed by atoms with Crippen LogP contribution in [0.5, 0.6) is 0 Å². The second-order valence-corrected chi connectivity index (χ2v) is 3.00. The van der Waals surface area contributed by atoms with Crippen LogP contribution >= 0.6 is 0 Å². The van der Waals surface area contributed by atoms with E-state index in [1.165, 1.54) is 0 Å². The average molecular weight is 205 g/mol. The van der Waals surface area contributed by atoms with Crippen LogP contribution in [0.25, 0.3) is 0 Å². The molecule has 0 aromatic heterocycles. The number of hydrogen-bond acceptors (Lipinski definition) is 4. The van der Waals surface area contributed by atoms with E-state index in [2.05, 4.69) is 5.32 Å². The molecule has 5 heteroatoms. The Morgan fingerprint density at radius 3 is 2.64 bits per heavy atom. The van der Waals surface area contributed by atoms with E-state index in [0.717, 1.165) is 33.0 Å². The fourth-order valence-corrected chi connectivity index (χ4v) is 1.07. The number of hydrogen-bond donors (Lipinski definition) is 2. The van der Waals surface area contributed by atoms with Crippen molar-refractivity contribution in [1.82, 2.24) is 5.32 Å². The van der Waals surface area contributed by atoms with Gasteiger partial charge in [-0.15, -0.1) is 0 Å². The molecule has 2 N–H and O–H groups in total. The summed E-state index contributed by atoms with van der Waals surface area (Å²) >= 11 is 0. The summed E-state index contributed by atoms with van der Waals surface area (Å²) in [5.74, 6) is -0.833. The Balaban J connectivity index is 0.000000364. The lowest BCUT2D eigenvalue weighted by Crippen LogP contribution is -2.18. The van der Waals surface area contributed by atoms with E-state index in [-0.39, 0.29) is 0 Å². The highest BCUT2D eigenvalue weighted by atomic mass is 16.5. The molecule has 0 bridgehead atoms. The van der Waals surface area contributed by atoms with E-state index in [4.69, 9.17) is 19.4 Å². The van der Waals surface area contributed by atoms with Crippen LogP contribution in [0.4, 0.5) is 0 Å². The molecule has 1 atom stereocenters. The molecular formula is C9H19NO4. The molecule has 14 heavy (non-hydrogen) atoms. The van der Waals surface area contributed by atoms with Gasteiger partial charge >= 0.3 is 0 Å². The fraction of sp³-hybridized carbons (Fsp3) is 0.889. The number of nitrogens with one attached hydrogen (secondary N) is 1. The maximum Gasteiger partial charge on any atom is 0.300 e. The number of carboxylic acids is 1. The Morgan fingerprint density at radius 2 is 2.21 bits per heavy atom. The third-order valence-electron chi connectivity index (χ3n) is 1.66. The fourth-order valence-electron chi connectivity index (χ4n) is 1.07. The molecule has 0 aliphatic carbocycles. The zero-order valence-corrected chi connectivity index (χ0v) is 8.78. The van der Waals surface area contributed by atoms with Crippen molar-refractivity contribution >= 4 is 5.97 Å². The van der Waals surface area contributed by atoms with Gasteiger partial charge in [0.2, 0.25) is 0 Å². The molecule has 1 heterocycles. The van der Waals surface area contributed by atoms with Crippen LogP contribution < -0.4 is 5.32 Å². The smallest absolute Gasteiger partial charge is 0.300 e. The molecule has 1 aliphatic rings. The lowest BCUT2D eigenvalue weighted by Gasteiger charge is -2.08. The number of carboxylic acid groups (broad SMARTS) is 1. The number of ether oxygens (including phenoxy) is 2. The van der Waals surface area contributed by atoms with Gasteiger partial charge in [0.25, 0.3) is 5.97 Å². The molecule has 0 spiro atoms. The normalized spacial score (nSPS) is 20.0. The molecule has 0 radical (unpaired) electrons. The predicted octanol–water partition coefficient (Wildman–Crippen LogP) is 0.102. The van der Waals surface area contributed by atoms with Gasteiger partial charge in [0.1, 0.15) is 0 Å². The van der Waals surface area contributed by atoms with Crippen molar-refractivity contribution in [2.75, 3.05) is 33.4 Å². The zero-order chi connectivity index (χ0) is 10.8. The van der Waals surface area contributed by atoms with Gasteiger partial charge < -0.3 is 19.9 Å². The van der Waals surface area contributed by atoms with Gasteiger partial charge in [-0.2, -0.15) is 0 Å². The summed E-state index contributed by atoms with van der Waals surface area (Å²) < 4.78 is 10.3. The highest BCUT2D eigenvalue weighted by Crippen LogP contribution is 2.01. The van der Waals surface area contributed by atoms with Crippen LogP contribution in [-0.4, -0.2) is 50.6 Å². The van der Waals surface area contributed by atoms with Gasteiger partial charge in [-0.1, -0.05) is 0 Å². The SMILES string of the molecule is CC(=O)O.COCCO[C@H]1CCNC1. The van der Waals surface area contributed by atoms with Gasteiger partial charge in [-0.3, -0.25) is 4.79 Å². The lowest BCUT2D eigenvalue weighted by atomic mass is 10.3. The molecule has 0 amide bonds. The highest BCUT2D eigenvalue weighted by molar-refractivity contribution is 5.62. The van der Waals surface area contributed by atoms with Gasteiger partial charge in [0.05, 0.1) is 19.3 Å². The lowest BCUT2D eigenvalue weighted by molar-refractivity contribution is -0.134. The Kier molecular flexibility index (Phi) is 8.51. The van der Waals surface area contributed by atoms with E-state index >= 15 is 0 Å². The minimum absolute atomic E-state index is 0.426. The standard InChI is InChI=1S/C7H15NO2.C2H4O2/c1-9-4-5-10-7-2-3-8-6-7;1-2(3)4/h7-8H,2-6H2,1H3;1H3,(H,3,4)/t7-;/m0./s1. The van der Waals surface area contributed by atoms with Crippen molar-refractivity contribution < 1.29 is 19.4 Å². The van der Waals surface area contributed by atoms with E-state index in [9.17, 15) is 0 Å². The van der Waals surface area contributed by atoms with E-state index in [1.54, 1.807) is 7.11 Å². The van der Waals surface area contributed by atoms with Gasteiger partial charge in [-0.25, -0.2) is 0 Å². The molecule has 5 nitrogen and oxygen atoms in total. The first-order valence-corrected chi connectivity index (χ1v) is 4.67. The first kappa shape index (κ1) is 13.4. The molecule has 0 aromatic rings. The van der Waals surface area contributed by atoms with Crippen molar-refractivity contribution in [3.63, 3.8) is 0 Å². The Bertz CT molecular complexity index is 142. The molecule has 1 aliphatic heterocycles.